The number of benzene rings is 1. The van der Waals surface area contributed by atoms with E-state index < -0.39 is 54.8 Å². The molecule has 0 aromatic heterocycles. The van der Waals surface area contributed by atoms with E-state index in [-0.39, 0.29) is 18.4 Å². The van der Waals surface area contributed by atoms with E-state index in [4.69, 9.17) is 26.4 Å². The largest absolute Gasteiger partial charge is 0.468 e. The Bertz CT molecular complexity index is 1320. The summed E-state index contributed by atoms with van der Waals surface area (Å²) in [7, 11) is 0. The Balaban J connectivity index is 1.68. The molecular formula is C57H105FN2O8S. The fourth-order valence-corrected chi connectivity index (χ4v) is 9.74. The minimum absolute atomic E-state index is 0.0928. The van der Waals surface area contributed by atoms with Gasteiger partial charge in [-0.1, -0.05) is 245 Å². The van der Waals surface area contributed by atoms with Crippen molar-refractivity contribution in [1.82, 2.24) is 5.32 Å². The van der Waals surface area contributed by atoms with Gasteiger partial charge in [-0.25, -0.2) is 4.39 Å². The standard InChI is InChI=1S/C57H105FN2O8S/c1-3-5-7-9-11-13-15-17-18-19-20-21-22-23-24-25-26-27-28-30-32-34-36-38-43-59-49(52(62)50(61)42-37-35-33-31-29-16-14-12-10-8-6-4-2)45-66-56-55(65)54(64)53(63)51(68-56)46-67-57(69)60-48-41-39-40-47(58)44-48/h39-41,44,49-56,59,61-65H,3-38,42-43,45-46H2,1-2H3,(H,60,69)/t49-,50+,51+,52-,53-,54-,55+,56-/m0/s1. The van der Waals surface area contributed by atoms with Crippen molar-refractivity contribution < 1.29 is 44.1 Å². The fourth-order valence-electron chi connectivity index (χ4n) is 9.55. The number of thiocarbonyl (C=S) groups is 1. The predicted octanol–water partition coefficient (Wildman–Crippen LogP) is 13.5. The highest BCUT2D eigenvalue weighted by atomic mass is 32.1. The van der Waals surface area contributed by atoms with Gasteiger partial charge in [0, 0.05) is 5.69 Å². The Morgan fingerprint density at radius 1 is 0.594 bits per heavy atom. The van der Waals surface area contributed by atoms with E-state index in [1.54, 1.807) is 6.07 Å². The average Bonchev–Trinajstić information content (AvgIpc) is 3.34. The number of unbranched alkanes of at least 4 members (excludes halogenated alkanes) is 34. The van der Waals surface area contributed by atoms with Crippen LogP contribution in [-0.4, -0.2) is 99.4 Å². The van der Waals surface area contributed by atoms with Crippen LogP contribution >= 0.6 is 12.2 Å². The second-order valence-electron chi connectivity index (χ2n) is 20.5. The molecule has 1 aromatic rings. The van der Waals surface area contributed by atoms with Crippen LogP contribution in [0.5, 0.6) is 0 Å². The highest BCUT2D eigenvalue weighted by molar-refractivity contribution is 7.80. The zero-order valence-corrected chi connectivity index (χ0v) is 44.8. The summed E-state index contributed by atoms with van der Waals surface area (Å²) in [6.45, 7) is 4.76. The van der Waals surface area contributed by atoms with Crippen molar-refractivity contribution in [3.8, 4) is 0 Å². The van der Waals surface area contributed by atoms with Crippen LogP contribution in [0.3, 0.4) is 0 Å². The molecule has 0 spiro atoms. The van der Waals surface area contributed by atoms with E-state index in [0.29, 0.717) is 18.7 Å². The molecule has 69 heavy (non-hydrogen) atoms. The van der Waals surface area contributed by atoms with Gasteiger partial charge in [0.1, 0.15) is 36.8 Å². The van der Waals surface area contributed by atoms with Gasteiger partial charge in [-0.3, -0.25) is 0 Å². The number of anilines is 1. The number of rotatable bonds is 47. The van der Waals surface area contributed by atoms with Gasteiger partial charge in [-0.15, -0.1) is 0 Å². The van der Waals surface area contributed by atoms with Gasteiger partial charge < -0.3 is 50.4 Å². The Morgan fingerprint density at radius 2 is 1.01 bits per heavy atom. The third-order valence-corrected chi connectivity index (χ3v) is 14.4. The lowest BCUT2D eigenvalue weighted by molar-refractivity contribution is -0.302. The number of ether oxygens (including phenoxy) is 3. The molecule has 0 aliphatic carbocycles. The summed E-state index contributed by atoms with van der Waals surface area (Å²) >= 11 is 5.23. The van der Waals surface area contributed by atoms with Crippen molar-refractivity contribution >= 4 is 23.1 Å². The Labute approximate surface area is 426 Å². The first-order valence-corrected chi connectivity index (χ1v) is 29.2. The smallest absolute Gasteiger partial charge is 0.261 e. The minimum Gasteiger partial charge on any atom is -0.468 e. The van der Waals surface area contributed by atoms with Crippen LogP contribution in [-0.2, 0) is 14.2 Å². The maximum Gasteiger partial charge on any atom is 0.261 e. The van der Waals surface area contributed by atoms with Gasteiger partial charge in [-0.05, 0) is 49.8 Å². The van der Waals surface area contributed by atoms with Gasteiger partial charge in [0.05, 0.1) is 24.9 Å². The van der Waals surface area contributed by atoms with E-state index in [9.17, 15) is 29.9 Å². The van der Waals surface area contributed by atoms with Crippen LogP contribution in [0.2, 0.25) is 0 Å². The molecule has 1 heterocycles. The van der Waals surface area contributed by atoms with E-state index in [1.807, 2.05) is 0 Å². The SMILES string of the molecule is CCCCCCCCCCCCCCCCCCCCCCCCCCN[C@@H](CO[C@H]1O[C@H](COC(=S)Nc2cccc(F)c2)[C@H](O)[C@H](O)[C@H]1O)[C@H](O)[C@H](O)CCCCCCCCCCCCCC. The third-order valence-electron chi connectivity index (χ3n) is 14.2. The van der Waals surface area contributed by atoms with Crippen molar-refractivity contribution in [3.05, 3.63) is 30.1 Å². The molecule has 1 aromatic carbocycles. The van der Waals surface area contributed by atoms with Crippen LogP contribution in [0.15, 0.2) is 24.3 Å². The van der Waals surface area contributed by atoms with Crippen LogP contribution < -0.4 is 10.6 Å². The molecule has 10 nitrogen and oxygen atoms in total. The molecule has 0 saturated carbocycles. The lowest BCUT2D eigenvalue weighted by Gasteiger charge is -2.40. The topological polar surface area (TPSA) is 153 Å². The number of aliphatic hydroxyl groups is 5. The Hall–Kier alpha value is -1.48. The maximum atomic E-state index is 13.6. The molecule has 0 amide bonds. The molecule has 404 valence electrons. The molecule has 0 unspecified atom stereocenters. The van der Waals surface area contributed by atoms with Gasteiger partial charge in [-0.2, -0.15) is 0 Å². The monoisotopic (exact) mass is 997 g/mol. The molecule has 8 atom stereocenters. The summed E-state index contributed by atoms with van der Waals surface area (Å²) < 4.78 is 31.1. The predicted molar refractivity (Wildman–Crippen MR) is 287 cm³/mol. The van der Waals surface area contributed by atoms with Crippen LogP contribution in [0.4, 0.5) is 10.1 Å². The third kappa shape index (κ3) is 33.1. The van der Waals surface area contributed by atoms with Crippen molar-refractivity contribution in [2.45, 2.75) is 300 Å². The van der Waals surface area contributed by atoms with E-state index in [2.05, 4.69) is 24.5 Å². The van der Waals surface area contributed by atoms with E-state index in [1.165, 1.54) is 211 Å². The highest BCUT2D eigenvalue weighted by Crippen LogP contribution is 2.24. The van der Waals surface area contributed by atoms with Gasteiger partial charge in [0.15, 0.2) is 6.29 Å². The van der Waals surface area contributed by atoms with Crippen molar-refractivity contribution in [2.75, 3.05) is 25.1 Å². The zero-order chi connectivity index (χ0) is 50.0. The number of hydrogen-bond acceptors (Lipinski definition) is 10. The van der Waals surface area contributed by atoms with Crippen LogP contribution in [0.1, 0.15) is 251 Å². The molecule has 1 aliphatic heterocycles. The first-order chi connectivity index (χ1) is 33.7. The number of hydrogen-bond donors (Lipinski definition) is 7. The molecule has 1 fully saturated rings. The molecule has 1 saturated heterocycles. The Kier molecular flexibility index (Phi) is 40.6. The minimum atomic E-state index is -1.60. The summed E-state index contributed by atoms with van der Waals surface area (Å²) in [5.74, 6) is -0.447. The molecule has 12 heteroatoms. The lowest BCUT2D eigenvalue weighted by Crippen LogP contribution is -2.60. The van der Waals surface area contributed by atoms with Gasteiger partial charge in [0.25, 0.3) is 5.17 Å². The van der Waals surface area contributed by atoms with E-state index in [0.717, 1.165) is 38.5 Å². The summed E-state index contributed by atoms with van der Waals surface area (Å²) in [6.07, 6.45) is 37.9. The molecule has 2 rings (SSSR count). The second-order valence-corrected chi connectivity index (χ2v) is 20.9. The quantitative estimate of drug-likeness (QED) is 0.0247. The van der Waals surface area contributed by atoms with Crippen molar-refractivity contribution in [3.63, 3.8) is 0 Å². The molecule has 1 aliphatic rings. The fraction of sp³-hybridized carbons (Fsp3) is 0.877. The second kappa shape index (κ2) is 44.0. The normalized spacial score (nSPS) is 19.7. The van der Waals surface area contributed by atoms with Crippen molar-refractivity contribution in [2.24, 2.45) is 0 Å². The summed E-state index contributed by atoms with van der Waals surface area (Å²) in [4.78, 5) is 0. The molecule has 0 radical (unpaired) electrons. The maximum absolute atomic E-state index is 13.6. The summed E-state index contributed by atoms with van der Waals surface area (Å²) in [5, 5.41) is 60.9. The molecular weight excluding hydrogens is 892 g/mol. The summed E-state index contributed by atoms with van der Waals surface area (Å²) in [5.41, 5.74) is 0.380. The van der Waals surface area contributed by atoms with Gasteiger partial charge >= 0.3 is 0 Å². The first kappa shape index (κ1) is 63.6. The average molecular weight is 998 g/mol. The Morgan fingerprint density at radius 3 is 1.45 bits per heavy atom. The van der Waals surface area contributed by atoms with Crippen LogP contribution in [0.25, 0.3) is 0 Å². The number of halogens is 1. The summed E-state index contributed by atoms with van der Waals surface area (Å²) in [6, 6.07) is 5.03. The van der Waals surface area contributed by atoms with Crippen molar-refractivity contribution in [1.29, 1.82) is 0 Å². The van der Waals surface area contributed by atoms with Gasteiger partial charge in [0.2, 0.25) is 0 Å². The van der Waals surface area contributed by atoms with Crippen LogP contribution in [0, 0.1) is 5.82 Å². The highest BCUT2D eigenvalue weighted by Gasteiger charge is 2.45. The molecule has 7 N–H and O–H groups in total. The number of nitrogens with one attached hydrogen (secondary N) is 2. The first-order valence-electron chi connectivity index (χ1n) is 28.8. The lowest BCUT2D eigenvalue weighted by atomic mass is 9.98. The molecule has 0 bridgehead atoms. The van der Waals surface area contributed by atoms with E-state index >= 15 is 0 Å². The number of aliphatic hydroxyl groups excluding tert-OH is 5. The zero-order valence-electron chi connectivity index (χ0n) is 44.0.